The molecule has 1 aliphatic rings. The zero-order chi connectivity index (χ0) is 10.0. The van der Waals surface area contributed by atoms with Gasteiger partial charge in [-0.3, -0.25) is 4.79 Å². The fourth-order valence-electron chi connectivity index (χ4n) is 2.09. The molecule has 1 fully saturated rings. The minimum atomic E-state index is -0.377. The van der Waals surface area contributed by atoms with Crippen molar-refractivity contribution >= 4 is 17.5 Å². The second-order valence-electron chi connectivity index (χ2n) is 4.31. The molecule has 1 aliphatic heterocycles. The number of halogens is 1. The van der Waals surface area contributed by atoms with E-state index in [9.17, 15) is 4.79 Å². The van der Waals surface area contributed by atoms with Crippen LogP contribution in [0.5, 0.6) is 0 Å². The second kappa shape index (κ2) is 4.32. The number of amides is 1. The Labute approximate surface area is 85.2 Å². The lowest BCUT2D eigenvalue weighted by Gasteiger charge is -2.35. The van der Waals surface area contributed by atoms with Gasteiger partial charge in [-0.05, 0) is 25.2 Å². The molecule has 0 aliphatic carbocycles. The Balaban J connectivity index is 2.55. The number of carbonyl (C=O) groups is 1. The van der Waals surface area contributed by atoms with Gasteiger partial charge in [0.2, 0.25) is 5.91 Å². The first-order valence-electron chi connectivity index (χ1n) is 4.93. The van der Waals surface area contributed by atoms with E-state index in [2.05, 4.69) is 13.8 Å². The quantitative estimate of drug-likeness (QED) is 0.598. The van der Waals surface area contributed by atoms with Crippen LogP contribution in [0, 0.1) is 11.8 Å². The van der Waals surface area contributed by atoms with Gasteiger partial charge >= 0.3 is 0 Å². The van der Waals surface area contributed by atoms with Gasteiger partial charge in [0.05, 0.1) is 0 Å². The van der Waals surface area contributed by atoms with Crippen LogP contribution in [0.2, 0.25) is 0 Å². The Bertz CT molecular complexity index is 183. The van der Waals surface area contributed by atoms with E-state index >= 15 is 0 Å². The van der Waals surface area contributed by atoms with Crippen LogP contribution in [0.1, 0.15) is 27.2 Å². The van der Waals surface area contributed by atoms with Crippen molar-refractivity contribution in [1.82, 2.24) is 4.90 Å². The van der Waals surface area contributed by atoms with Crippen LogP contribution < -0.4 is 0 Å². The lowest BCUT2D eigenvalue weighted by atomic mass is 9.92. The highest BCUT2D eigenvalue weighted by atomic mass is 35.5. The Kier molecular flexibility index (Phi) is 3.60. The van der Waals surface area contributed by atoms with E-state index in [-0.39, 0.29) is 11.3 Å². The third kappa shape index (κ3) is 2.87. The first kappa shape index (κ1) is 10.8. The van der Waals surface area contributed by atoms with Crippen LogP contribution in [0.25, 0.3) is 0 Å². The van der Waals surface area contributed by atoms with Crippen LogP contribution >= 0.6 is 11.6 Å². The van der Waals surface area contributed by atoms with Gasteiger partial charge in [-0.15, -0.1) is 11.6 Å². The molecule has 76 valence electrons. The lowest BCUT2D eigenvalue weighted by molar-refractivity contribution is -0.133. The third-order valence-corrected chi connectivity index (χ3v) is 2.71. The molecule has 0 aromatic rings. The maximum absolute atomic E-state index is 11.6. The highest BCUT2D eigenvalue weighted by Crippen LogP contribution is 2.21. The summed E-state index contributed by atoms with van der Waals surface area (Å²) >= 11 is 5.77. The Morgan fingerprint density at radius 3 is 2.23 bits per heavy atom. The van der Waals surface area contributed by atoms with E-state index in [1.807, 2.05) is 4.90 Å². The lowest BCUT2D eigenvalue weighted by Crippen LogP contribution is -2.45. The van der Waals surface area contributed by atoms with Gasteiger partial charge in [-0.25, -0.2) is 0 Å². The van der Waals surface area contributed by atoms with Crippen molar-refractivity contribution in [2.75, 3.05) is 13.1 Å². The Morgan fingerprint density at radius 2 is 1.85 bits per heavy atom. The summed E-state index contributed by atoms with van der Waals surface area (Å²) in [5.74, 6) is 1.31. The number of hydrogen-bond donors (Lipinski definition) is 0. The van der Waals surface area contributed by atoms with Crippen LogP contribution in [-0.4, -0.2) is 29.3 Å². The SMILES string of the molecule is C[C@@H]1C[C@@H](C)CN(C(=O)[C@@H](C)Cl)C1. The zero-order valence-corrected chi connectivity index (χ0v) is 9.34. The van der Waals surface area contributed by atoms with Gasteiger partial charge in [0.25, 0.3) is 0 Å². The summed E-state index contributed by atoms with van der Waals surface area (Å²) in [6.45, 7) is 7.87. The maximum Gasteiger partial charge on any atom is 0.240 e. The third-order valence-electron chi connectivity index (χ3n) is 2.52. The molecule has 0 aromatic heterocycles. The van der Waals surface area contributed by atoms with Crippen LogP contribution in [-0.2, 0) is 4.79 Å². The van der Waals surface area contributed by atoms with E-state index < -0.39 is 0 Å². The van der Waals surface area contributed by atoms with Crippen molar-refractivity contribution in [3.05, 3.63) is 0 Å². The largest absolute Gasteiger partial charge is 0.341 e. The summed E-state index contributed by atoms with van der Waals surface area (Å²) < 4.78 is 0. The molecule has 3 atom stereocenters. The minimum absolute atomic E-state index is 0.0834. The van der Waals surface area contributed by atoms with E-state index in [0.29, 0.717) is 11.8 Å². The van der Waals surface area contributed by atoms with Crippen molar-refractivity contribution in [1.29, 1.82) is 0 Å². The molecule has 1 saturated heterocycles. The summed E-state index contributed by atoms with van der Waals surface area (Å²) in [6.07, 6.45) is 1.22. The molecule has 0 bridgehead atoms. The Hall–Kier alpha value is -0.240. The minimum Gasteiger partial charge on any atom is -0.341 e. The monoisotopic (exact) mass is 203 g/mol. The van der Waals surface area contributed by atoms with Gasteiger partial charge in [0.1, 0.15) is 5.38 Å². The summed E-state index contributed by atoms with van der Waals surface area (Å²) in [6, 6.07) is 0. The topological polar surface area (TPSA) is 20.3 Å². The molecule has 1 rings (SSSR count). The van der Waals surface area contributed by atoms with Crippen molar-refractivity contribution in [2.24, 2.45) is 11.8 Å². The molecule has 0 unspecified atom stereocenters. The predicted octanol–water partition coefficient (Wildman–Crippen LogP) is 2.12. The fourth-order valence-corrected chi connectivity index (χ4v) is 2.23. The summed E-state index contributed by atoms with van der Waals surface area (Å²) in [5, 5.41) is -0.377. The van der Waals surface area contributed by atoms with Crippen LogP contribution in [0.3, 0.4) is 0 Å². The van der Waals surface area contributed by atoms with E-state index in [1.165, 1.54) is 6.42 Å². The number of likely N-dealkylation sites (tertiary alicyclic amines) is 1. The summed E-state index contributed by atoms with van der Waals surface area (Å²) in [4.78, 5) is 13.5. The first-order chi connectivity index (χ1) is 6.00. The van der Waals surface area contributed by atoms with E-state index in [0.717, 1.165) is 13.1 Å². The molecule has 0 spiro atoms. The molecular formula is C10H18ClNO. The highest BCUT2D eigenvalue weighted by molar-refractivity contribution is 6.30. The molecule has 0 aromatic carbocycles. The number of nitrogens with zero attached hydrogens (tertiary/aromatic N) is 1. The molecular weight excluding hydrogens is 186 g/mol. The van der Waals surface area contributed by atoms with Crippen LogP contribution in [0.4, 0.5) is 0 Å². The van der Waals surface area contributed by atoms with Gasteiger partial charge in [0, 0.05) is 13.1 Å². The summed E-state index contributed by atoms with van der Waals surface area (Å²) in [7, 11) is 0. The normalized spacial score (nSPS) is 31.5. The van der Waals surface area contributed by atoms with Crippen molar-refractivity contribution < 1.29 is 4.79 Å². The fraction of sp³-hybridized carbons (Fsp3) is 0.900. The first-order valence-corrected chi connectivity index (χ1v) is 5.37. The van der Waals surface area contributed by atoms with E-state index in [1.54, 1.807) is 6.92 Å². The smallest absolute Gasteiger partial charge is 0.240 e. The average molecular weight is 204 g/mol. The number of piperidine rings is 1. The molecule has 2 nitrogen and oxygen atoms in total. The van der Waals surface area contributed by atoms with Crippen molar-refractivity contribution in [3.63, 3.8) is 0 Å². The molecule has 0 N–H and O–H groups in total. The highest BCUT2D eigenvalue weighted by Gasteiger charge is 2.27. The molecule has 1 heterocycles. The zero-order valence-electron chi connectivity index (χ0n) is 8.59. The van der Waals surface area contributed by atoms with Gasteiger partial charge in [-0.1, -0.05) is 13.8 Å². The predicted molar refractivity (Wildman–Crippen MR) is 54.8 cm³/mol. The van der Waals surface area contributed by atoms with Gasteiger partial charge < -0.3 is 4.90 Å². The molecule has 0 saturated carbocycles. The number of rotatable bonds is 1. The van der Waals surface area contributed by atoms with Gasteiger partial charge in [0.15, 0.2) is 0 Å². The van der Waals surface area contributed by atoms with Crippen LogP contribution in [0.15, 0.2) is 0 Å². The molecule has 13 heavy (non-hydrogen) atoms. The van der Waals surface area contributed by atoms with Crippen molar-refractivity contribution in [3.8, 4) is 0 Å². The molecule has 1 amide bonds. The maximum atomic E-state index is 11.6. The summed E-state index contributed by atoms with van der Waals surface area (Å²) in [5.41, 5.74) is 0. The number of carbonyl (C=O) groups excluding carboxylic acids is 1. The van der Waals surface area contributed by atoms with E-state index in [4.69, 9.17) is 11.6 Å². The number of hydrogen-bond acceptors (Lipinski definition) is 1. The van der Waals surface area contributed by atoms with Crippen molar-refractivity contribution in [2.45, 2.75) is 32.6 Å². The standard InChI is InChI=1S/C10H18ClNO/c1-7-4-8(2)6-12(5-7)10(13)9(3)11/h7-9H,4-6H2,1-3H3/t7-,8-,9-/m1/s1. The second-order valence-corrected chi connectivity index (χ2v) is 4.96. The average Bonchev–Trinajstić information content (AvgIpc) is 2.01. The Morgan fingerprint density at radius 1 is 1.38 bits per heavy atom. The molecule has 0 radical (unpaired) electrons. The molecule has 3 heteroatoms. The van der Waals surface area contributed by atoms with Gasteiger partial charge in [-0.2, -0.15) is 0 Å². The number of alkyl halides is 1.